The van der Waals surface area contributed by atoms with E-state index in [4.69, 9.17) is 0 Å². The molecule has 0 aromatic heterocycles. The van der Waals surface area contributed by atoms with Crippen molar-refractivity contribution in [1.29, 1.82) is 0 Å². The fraction of sp³-hybridized carbons (Fsp3) is 0.333. The van der Waals surface area contributed by atoms with Gasteiger partial charge in [0.1, 0.15) is 0 Å². The highest BCUT2D eigenvalue weighted by atomic mass is 16.2. The second kappa shape index (κ2) is 9.19. The van der Waals surface area contributed by atoms with Crippen LogP contribution in [-0.4, -0.2) is 54.5 Å². The van der Waals surface area contributed by atoms with Gasteiger partial charge < -0.3 is 15.5 Å². The molecule has 0 bridgehead atoms. The summed E-state index contributed by atoms with van der Waals surface area (Å²) < 4.78 is 0. The summed E-state index contributed by atoms with van der Waals surface area (Å²) in [7, 11) is 0. The summed E-state index contributed by atoms with van der Waals surface area (Å²) in [6.07, 6.45) is 0.938. The van der Waals surface area contributed by atoms with Crippen LogP contribution in [0.3, 0.4) is 0 Å². The molecule has 0 atom stereocenters. The first kappa shape index (κ1) is 18.9. The Morgan fingerprint density at radius 1 is 0.889 bits per heavy atom. The molecule has 1 aliphatic rings. The van der Waals surface area contributed by atoms with Gasteiger partial charge in [0.15, 0.2) is 0 Å². The summed E-state index contributed by atoms with van der Waals surface area (Å²) in [6.45, 7) is 5.02. The number of hydrogen-bond donors (Lipinski definition) is 2. The molecule has 3 amide bonds. The van der Waals surface area contributed by atoms with Crippen molar-refractivity contribution >= 4 is 23.3 Å². The average molecular weight is 366 g/mol. The molecular formula is C21H26N4O2. The smallest absolute Gasteiger partial charge is 0.321 e. The van der Waals surface area contributed by atoms with E-state index in [0.717, 1.165) is 17.8 Å². The first-order valence-electron chi connectivity index (χ1n) is 9.36. The first-order chi connectivity index (χ1) is 13.1. The summed E-state index contributed by atoms with van der Waals surface area (Å²) in [5.41, 5.74) is 2.82. The Morgan fingerprint density at radius 2 is 1.59 bits per heavy atom. The molecule has 0 saturated carbocycles. The Hall–Kier alpha value is -2.86. The van der Waals surface area contributed by atoms with Crippen LogP contribution in [0.2, 0.25) is 0 Å². The lowest BCUT2D eigenvalue weighted by Crippen LogP contribution is -2.51. The quantitative estimate of drug-likeness (QED) is 0.855. The van der Waals surface area contributed by atoms with Crippen molar-refractivity contribution in [3.63, 3.8) is 0 Å². The number of carbonyl (C=O) groups is 2. The zero-order chi connectivity index (χ0) is 19.1. The number of nitrogens with zero attached hydrogens (tertiary/aromatic N) is 2. The predicted octanol–water partition coefficient (Wildman–Crippen LogP) is 3.04. The fourth-order valence-electron chi connectivity index (χ4n) is 3.11. The number of rotatable bonds is 5. The van der Waals surface area contributed by atoms with Gasteiger partial charge in [0.2, 0.25) is 5.91 Å². The van der Waals surface area contributed by atoms with Gasteiger partial charge in [-0.2, -0.15) is 0 Å². The maximum Gasteiger partial charge on any atom is 0.321 e. The van der Waals surface area contributed by atoms with Crippen LogP contribution < -0.4 is 10.6 Å². The lowest BCUT2D eigenvalue weighted by molar-refractivity contribution is -0.117. The number of amides is 3. The third-order valence-electron chi connectivity index (χ3n) is 4.67. The molecule has 0 radical (unpaired) electrons. The Bertz CT molecular complexity index is 771. The number of aryl methyl sites for hydroxylation is 1. The topological polar surface area (TPSA) is 64.7 Å². The highest BCUT2D eigenvalue weighted by Gasteiger charge is 2.22. The van der Waals surface area contributed by atoms with Crippen LogP contribution in [0, 0.1) is 0 Å². The Labute approximate surface area is 160 Å². The van der Waals surface area contributed by atoms with Gasteiger partial charge in [-0.25, -0.2) is 4.79 Å². The molecule has 0 spiro atoms. The molecule has 0 unspecified atom stereocenters. The standard InChI is InChI=1S/C21H26N4O2/c1-2-17-7-6-10-19(15-17)23-21(27)25-13-11-24(12-14-25)16-20(26)22-18-8-4-3-5-9-18/h3-10,15H,2,11-14,16H2,1H3,(H,22,26)(H,23,27). The third-order valence-corrected chi connectivity index (χ3v) is 4.67. The van der Waals surface area contributed by atoms with E-state index >= 15 is 0 Å². The maximum absolute atomic E-state index is 12.5. The third kappa shape index (κ3) is 5.56. The van der Waals surface area contributed by atoms with Crippen molar-refractivity contribution in [2.75, 3.05) is 43.4 Å². The summed E-state index contributed by atoms with van der Waals surface area (Å²) in [5, 5.41) is 5.86. The molecule has 1 heterocycles. The van der Waals surface area contributed by atoms with Gasteiger partial charge >= 0.3 is 6.03 Å². The molecule has 142 valence electrons. The van der Waals surface area contributed by atoms with Crippen molar-refractivity contribution in [2.45, 2.75) is 13.3 Å². The van der Waals surface area contributed by atoms with E-state index in [1.807, 2.05) is 48.5 Å². The summed E-state index contributed by atoms with van der Waals surface area (Å²) in [5.74, 6) is -0.0320. The minimum atomic E-state index is -0.0864. The van der Waals surface area contributed by atoms with E-state index in [1.54, 1.807) is 4.90 Å². The second-order valence-corrected chi connectivity index (χ2v) is 6.66. The Morgan fingerprint density at radius 3 is 2.30 bits per heavy atom. The lowest BCUT2D eigenvalue weighted by Gasteiger charge is -2.34. The number of para-hydroxylation sites is 1. The molecule has 1 saturated heterocycles. The monoisotopic (exact) mass is 366 g/mol. The van der Waals surface area contributed by atoms with Gasteiger partial charge in [0.25, 0.3) is 0 Å². The number of carbonyl (C=O) groups excluding carboxylic acids is 2. The Kier molecular flexibility index (Phi) is 6.44. The number of hydrogen-bond acceptors (Lipinski definition) is 3. The number of piperazine rings is 1. The number of anilines is 2. The van der Waals surface area contributed by atoms with Crippen LogP contribution in [0.15, 0.2) is 54.6 Å². The largest absolute Gasteiger partial charge is 0.325 e. The van der Waals surface area contributed by atoms with Crippen molar-refractivity contribution in [3.8, 4) is 0 Å². The minimum Gasteiger partial charge on any atom is -0.325 e. The van der Waals surface area contributed by atoms with E-state index in [1.165, 1.54) is 5.56 Å². The normalized spacial score (nSPS) is 14.6. The molecule has 27 heavy (non-hydrogen) atoms. The van der Waals surface area contributed by atoms with Crippen molar-refractivity contribution < 1.29 is 9.59 Å². The summed E-state index contributed by atoms with van der Waals surface area (Å²) in [4.78, 5) is 28.5. The number of benzene rings is 2. The van der Waals surface area contributed by atoms with Crippen LogP contribution in [0.1, 0.15) is 12.5 Å². The van der Waals surface area contributed by atoms with Gasteiger partial charge in [-0.1, -0.05) is 37.3 Å². The van der Waals surface area contributed by atoms with E-state index < -0.39 is 0 Å². The number of nitrogens with one attached hydrogen (secondary N) is 2. The summed E-state index contributed by atoms with van der Waals surface area (Å²) >= 11 is 0. The van der Waals surface area contributed by atoms with Crippen LogP contribution >= 0.6 is 0 Å². The van der Waals surface area contributed by atoms with Crippen LogP contribution in [0.25, 0.3) is 0 Å². The van der Waals surface area contributed by atoms with Gasteiger partial charge in [0, 0.05) is 37.6 Å². The van der Waals surface area contributed by atoms with Gasteiger partial charge in [-0.05, 0) is 36.2 Å². The molecule has 0 aliphatic carbocycles. The maximum atomic E-state index is 12.5. The zero-order valence-corrected chi connectivity index (χ0v) is 15.6. The van der Waals surface area contributed by atoms with E-state index in [2.05, 4.69) is 28.5 Å². The first-order valence-corrected chi connectivity index (χ1v) is 9.36. The van der Waals surface area contributed by atoms with Crippen molar-refractivity contribution in [1.82, 2.24) is 9.80 Å². The van der Waals surface area contributed by atoms with E-state index in [0.29, 0.717) is 32.7 Å². The molecule has 2 aromatic rings. The van der Waals surface area contributed by atoms with Crippen LogP contribution in [0.4, 0.5) is 16.2 Å². The van der Waals surface area contributed by atoms with Gasteiger partial charge in [0.05, 0.1) is 6.54 Å². The van der Waals surface area contributed by atoms with Crippen molar-refractivity contribution in [2.24, 2.45) is 0 Å². The average Bonchev–Trinajstić information content (AvgIpc) is 2.69. The molecule has 3 rings (SSSR count). The lowest BCUT2D eigenvalue weighted by atomic mass is 10.1. The SMILES string of the molecule is CCc1cccc(NC(=O)N2CCN(CC(=O)Nc3ccccc3)CC2)c1. The van der Waals surface area contributed by atoms with Gasteiger partial charge in [-0.3, -0.25) is 9.69 Å². The highest BCUT2D eigenvalue weighted by molar-refractivity contribution is 5.92. The molecule has 1 fully saturated rings. The molecule has 6 heteroatoms. The highest BCUT2D eigenvalue weighted by Crippen LogP contribution is 2.13. The zero-order valence-electron chi connectivity index (χ0n) is 15.6. The van der Waals surface area contributed by atoms with E-state index in [9.17, 15) is 9.59 Å². The van der Waals surface area contributed by atoms with E-state index in [-0.39, 0.29) is 11.9 Å². The molecule has 1 aliphatic heterocycles. The van der Waals surface area contributed by atoms with Crippen LogP contribution in [-0.2, 0) is 11.2 Å². The van der Waals surface area contributed by atoms with Gasteiger partial charge in [-0.15, -0.1) is 0 Å². The molecule has 6 nitrogen and oxygen atoms in total. The number of urea groups is 1. The summed E-state index contributed by atoms with van der Waals surface area (Å²) in [6, 6.07) is 17.3. The molecule has 2 N–H and O–H groups in total. The van der Waals surface area contributed by atoms with Crippen LogP contribution in [0.5, 0.6) is 0 Å². The minimum absolute atomic E-state index is 0.0320. The molecule has 2 aromatic carbocycles. The second-order valence-electron chi connectivity index (χ2n) is 6.66. The fourth-order valence-corrected chi connectivity index (χ4v) is 3.11. The van der Waals surface area contributed by atoms with Crippen molar-refractivity contribution in [3.05, 3.63) is 60.2 Å². The predicted molar refractivity (Wildman–Crippen MR) is 108 cm³/mol. The molecular weight excluding hydrogens is 340 g/mol. The Balaban J connectivity index is 1.44.